The van der Waals surface area contributed by atoms with Crippen LogP contribution < -0.4 is 15.4 Å². The molecule has 0 bridgehead atoms. The van der Waals surface area contributed by atoms with Gasteiger partial charge in [0.1, 0.15) is 11.8 Å². The second-order valence-electron chi connectivity index (χ2n) is 3.45. The van der Waals surface area contributed by atoms with Crippen LogP contribution in [0.4, 0.5) is 0 Å². The van der Waals surface area contributed by atoms with Crippen molar-refractivity contribution in [2.75, 3.05) is 20.2 Å². The molecule has 1 amide bonds. The lowest BCUT2D eigenvalue weighted by atomic mass is 10.0. The van der Waals surface area contributed by atoms with E-state index in [0.717, 1.165) is 17.9 Å². The first kappa shape index (κ1) is 9.98. The van der Waals surface area contributed by atoms with Gasteiger partial charge >= 0.3 is 0 Å². The van der Waals surface area contributed by atoms with Gasteiger partial charge in [0.05, 0.1) is 7.11 Å². The molecule has 4 nitrogen and oxygen atoms in total. The van der Waals surface area contributed by atoms with Gasteiger partial charge in [0, 0.05) is 13.1 Å². The summed E-state index contributed by atoms with van der Waals surface area (Å²) in [7, 11) is 1.62. The van der Waals surface area contributed by atoms with Crippen LogP contribution in [0.5, 0.6) is 5.75 Å². The van der Waals surface area contributed by atoms with Gasteiger partial charge < -0.3 is 15.4 Å². The first-order valence-corrected chi connectivity index (χ1v) is 4.96. The minimum atomic E-state index is -0.256. The number of hydrogen-bond donors (Lipinski definition) is 2. The summed E-state index contributed by atoms with van der Waals surface area (Å²) in [6.45, 7) is 1.49. The zero-order chi connectivity index (χ0) is 10.7. The van der Waals surface area contributed by atoms with Gasteiger partial charge in [0.2, 0.25) is 5.91 Å². The number of carbonyl (C=O) groups is 1. The Morgan fingerprint density at radius 1 is 1.40 bits per heavy atom. The summed E-state index contributed by atoms with van der Waals surface area (Å²) in [6, 6.07) is 7.30. The second kappa shape index (κ2) is 4.31. The predicted octanol–water partition coefficient (Wildman–Crippen LogP) is 0.456. The Bertz CT molecular complexity index is 365. The topological polar surface area (TPSA) is 50.4 Å². The van der Waals surface area contributed by atoms with Crippen molar-refractivity contribution in [3.8, 4) is 5.75 Å². The van der Waals surface area contributed by atoms with Crippen LogP contribution in [0.3, 0.4) is 0 Å². The van der Waals surface area contributed by atoms with Crippen molar-refractivity contribution < 1.29 is 9.53 Å². The van der Waals surface area contributed by atoms with E-state index >= 15 is 0 Å². The van der Waals surface area contributed by atoms with Gasteiger partial charge in [-0.3, -0.25) is 4.79 Å². The van der Waals surface area contributed by atoms with Gasteiger partial charge in [0.25, 0.3) is 0 Å². The highest BCUT2D eigenvalue weighted by atomic mass is 16.5. The van der Waals surface area contributed by atoms with E-state index in [4.69, 9.17) is 4.74 Å². The quantitative estimate of drug-likeness (QED) is 0.739. The lowest BCUT2D eigenvalue weighted by molar-refractivity contribution is -0.124. The van der Waals surface area contributed by atoms with E-state index in [9.17, 15) is 4.79 Å². The fraction of sp³-hybridized carbons (Fsp3) is 0.364. The van der Waals surface area contributed by atoms with E-state index in [1.807, 2.05) is 24.3 Å². The van der Waals surface area contributed by atoms with Crippen molar-refractivity contribution >= 4 is 5.91 Å². The predicted molar refractivity (Wildman–Crippen MR) is 56.7 cm³/mol. The lowest BCUT2D eigenvalue weighted by Crippen LogP contribution is -2.47. The molecule has 1 aliphatic heterocycles. The molecular formula is C11H14N2O2. The molecule has 1 saturated heterocycles. The van der Waals surface area contributed by atoms with E-state index in [2.05, 4.69) is 10.6 Å². The number of rotatable bonds is 2. The van der Waals surface area contributed by atoms with Crippen molar-refractivity contribution in [2.45, 2.75) is 6.04 Å². The van der Waals surface area contributed by atoms with E-state index in [1.165, 1.54) is 0 Å². The van der Waals surface area contributed by atoms with Crippen LogP contribution >= 0.6 is 0 Å². The summed E-state index contributed by atoms with van der Waals surface area (Å²) in [4.78, 5) is 11.6. The third-order valence-corrected chi connectivity index (χ3v) is 2.46. The maximum atomic E-state index is 11.6. The van der Waals surface area contributed by atoms with Crippen LogP contribution in [0.25, 0.3) is 0 Å². The molecule has 15 heavy (non-hydrogen) atoms. The lowest BCUT2D eigenvalue weighted by Gasteiger charge is -2.23. The number of piperazine rings is 1. The molecule has 1 fully saturated rings. The Morgan fingerprint density at radius 3 is 3.00 bits per heavy atom. The zero-order valence-electron chi connectivity index (χ0n) is 8.62. The molecule has 4 heteroatoms. The Morgan fingerprint density at radius 2 is 2.27 bits per heavy atom. The number of amides is 1. The van der Waals surface area contributed by atoms with Crippen LogP contribution in [0.15, 0.2) is 24.3 Å². The van der Waals surface area contributed by atoms with Crippen LogP contribution in [0.2, 0.25) is 0 Å². The van der Waals surface area contributed by atoms with Crippen molar-refractivity contribution in [2.24, 2.45) is 0 Å². The van der Waals surface area contributed by atoms with Crippen LogP contribution in [-0.2, 0) is 4.79 Å². The molecule has 0 aromatic heterocycles. The molecule has 0 aliphatic carbocycles. The monoisotopic (exact) mass is 206 g/mol. The van der Waals surface area contributed by atoms with Crippen LogP contribution in [-0.4, -0.2) is 26.1 Å². The number of nitrogens with one attached hydrogen (secondary N) is 2. The normalized spacial score (nSPS) is 20.9. The molecule has 0 unspecified atom stereocenters. The van der Waals surface area contributed by atoms with Gasteiger partial charge in [-0.05, 0) is 17.7 Å². The highest BCUT2D eigenvalue weighted by molar-refractivity contribution is 5.84. The second-order valence-corrected chi connectivity index (χ2v) is 3.45. The van der Waals surface area contributed by atoms with Crippen molar-refractivity contribution in [3.63, 3.8) is 0 Å². The zero-order valence-corrected chi connectivity index (χ0v) is 8.62. The summed E-state index contributed by atoms with van der Waals surface area (Å²) in [5.41, 5.74) is 0.937. The molecule has 1 aromatic rings. The van der Waals surface area contributed by atoms with Gasteiger partial charge in [-0.2, -0.15) is 0 Å². The number of hydrogen-bond acceptors (Lipinski definition) is 3. The summed E-state index contributed by atoms with van der Waals surface area (Å²) < 4.78 is 5.12. The molecule has 2 rings (SSSR count). The molecular weight excluding hydrogens is 192 g/mol. The Labute approximate surface area is 88.6 Å². The molecule has 0 saturated carbocycles. The third-order valence-electron chi connectivity index (χ3n) is 2.46. The molecule has 0 radical (unpaired) electrons. The van der Waals surface area contributed by atoms with Crippen LogP contribution in [0.1, 0.15) is 11.6 Å². The number of benzene rings is 1. The molecule has 1 atom stereocenters. The largest absolute Gasteiger partial charge is 0.497 e. The average Bonchev–Trinajstić information content (AvgIpc) is 2.30. The number of carbonyl (C=O) groups excluding carboxylic acids is 1. The summed E-state index contributed by atoms with van der Waals surface area (Å²) in [5, 5.41) is 5.99. The highest BCUT2D eigenvalue weighted by Crippen LogP contribution is 2.20. The molecule has 0 spiro atoms. The Hall–Kier alpha value is -1.55. The molecule has 2 N–H and O–H groups in total. The minimum Gasteiger partial charge on any atom is -0.497 e. The van der Waals surface area contributed by atoms with Crippen molar-refractivity contribution in [1.82, 2.24) is 10.6 Å². The molecule has 1 aliphatic rings. The van der Waals surface area contributed by atoms with Crippen LogP contribution in [0, 0.1) is 0 Å². The van der Waals surface area contributed by atoms with Crippen molar-refractivity contribution in [3.05, 3.63) is 29.8 Å². The van der Waals surface area contributed by atoms with Crippen molar-refractivity contribution in [1.29, 1.82) is 0 Å². The fourth-order valence-corrected chi connectivity index (χ4v) is 1.69. The summed E-state index contributed by atoms with van der Waals surface area (Å²) in [6.07, 6.45) is 0. The molecule has 80 valence electrons. The molecule has 1 heterocycles. The van der Waals surface area contributed by atoms with Gasteiger partial charge in [-0.15, -0.1) is 0 Å². The van der Waals surface area contributed by atoms with E-state index in [0.29, 0.717) is 6.54 Å². The first-order chi connectivity index (χ1) is 7.31. The van der Waals surface area contributed by atoms with E-state index in [-0.39, 0.29) is 11.9 Å². The highest BCUT2D eigenvalue weighted by Gasteiger charge is 2.23. The average molecular weight is 206 g/mol. The standard InChI is InChI=1S/C11H14N2O2/c1-15-9-4-2-3-8(7-9)10-11(14)13-6-5-12-10/h2-4,7,10,12H,5-6H2,1H3,(H,13,14)/t10-/m0/s1. The summed E-state index contributed by atoms with van der Waals surface area (Å²) in [5.74, 6) is 0.794. The maximum Gasteiger partial charge on any atom is 0.241 e. The SMILES string of the molecule is COc1cccc([C@@H]2NCCNC2=O)c1. The smallest absolute Gasteiger partial charge is 0.241 e. The number of methoxy groups -OCH3 is 1. The maximum absolute atomic E-state index is 11.6. The minimum absolute atomic E-state index is 0.0227. The van der Waals surface area contributed by atoms with E-state index < -0.39 is 0 Å². The number of ether oxygens (including phenoxy) is 1. The Balaban J connectivity index is 2.23. The fourth-order valence-electron chi connectivity index (χ4n) is 1.69. The molecule has 1 aromatic carbocycles. The first-order valence-electron chi connectivity index (χ1n) is 4.96. The summed E-state index contributed by atoms with van der Waals surface area (Å²) >= 11 is 0. The van der Waals surface area contributed by atoms with Gasteiger partial charge in [0.15, 0.2) is 0 Å². The Kier molecular flexibility index (Phi) is 2.87. The third kappa shape index (κ3) is 2.10. The van der Waals surface area contributed by atoms with Gasteiger partial charge in [-0.1, -0.05) is 12.1 Å². The van der Waals surface area contributed by atoms with Gasteiger partial charge in [-0.25, -0.2) is 0 Å². The van der Waals surface area contributed by atoms with E-state index in [1.54, 1.807) is 7.11 Å².